The highest BCUT2D eigenvalue weighted by molar-refractivity contribution is 5.28. The summed E-state index contributed by atoms with van der Waals surface area (Å²) in [4.78, 5) is 0. The fraction of sp³-hybridized carbons (Fsp3) is 0.533. The van der Waals surface area contributed by atoms with Crippen molar-refractivity contribution in [3.63, 3.8) is 0 Å². The molecule has 0 fully saturated rings. The molecule has 1 heteroatoms. The van der Waals surface area contributed by atoms with Gasteiger partial charge in [-0.1, -0.05) is 51.2 Å². The number of hydrogen-bond donors (Lipinski definition) is 0. The zero-order chi connectivity index (χ0) is 11.6. The van der Waals surface area contributed by atoms with Crippen molar-refractivity contribution in [2.24, 2.45) is 0 Å². The van der Waals surface area contributed by atoms with Gasteiger partial charge in [-0.15, -0.1) is 0 Å². The minimum absolute atomic E-state index is 0.784. The third kappa shape index (κ3) is 5.79. The van der Waals surface area contributed by atoms with Crippen LogP contribution < -0.4 is 4.74 Å². The lowest BCUT2D eigenvalue weighted by Gasteiger charge is -2.06. The van der Waals surface area contributed by atoms with Crippen LogP contribution >= 0.6 is 0 Å². The summed E-state index contributed by atoms with van der Waals surface area (Å²) in [7, 11) is 0. The van der Waals surface area contributed by atoms with Gasteiger partial charge in [-0.05, 0) is 31.0 Å². The van der Waals surface area contributed by atoms with Crippen molar-refractivity contribution >= 4 is 0 Å². The topological polar surface area (TPSA) is 9.23 Å². The van der Waals surface area contributed by atoms with E-state index >= 15 is 0 Å². The van der Waals surface area contributed by atoms with Crippen LogP contribution in [0.1, 0.15) is 51.0 Å². The molecule has 2 radical (unpaired) electrons. The first-order chi connectivity index (χ1) is 7.83. The first-order valence-electron chi connectivity index (χ1n) is 6.31. The Morgan fingerprint density at radius 3 is 2.25 bits per heavy atom. The first-order valence-corrected chi connectivity index (χ1v) is 6.31. The Morgan fingerprint density at radius 2 is 1.56 bits per heavy atom. The molecule has 0 bridgehead atoms. The lowest BCUT2D eigenvalue weighted by Crippen LogP contribution is -1.97. The zero-order valence-electron chi connectivity index (χ0n) is 10.2. The highest BCUT2D eigenvalue weighted by atomic mass is 16.5. The van der Waals surface area contributed by atoms with Gasteiger partial charge in [-0.25, -0.2) is 0 Å². The Hall–Kier alpha value is -0.980. The molecule has 0 N–H and O–H groups in total. The minimum atomic E-state index is 0.784. The maximum atomic E-state index is 5.61. The quantitative estimate of drug-likeness (QED) is 0.584. The Bertz CT molecular complexity index is 263. The van der Waals surface area contributed by atoms with Gasteiger partial charge in [0.05, 0.1) is 6.61 Å². The lowest BCUT2D eigenvalue weighted by atomic mass is 10.1. The highest BCUT2D eigenvalue weighted by Crippen LogP contribution is 2.12. The SMILES string of the molecule is [CH]c1ccc(OCCCCCCCC)cc1. The molecular formula is C15H22O. The first kappa shape index (κ1) is 13.1. The van der Waals surface area contributed by atoms with Crippen LogP contribution in [-0.4, -0.2) is 6.61 Å². The second-order valence-electron chi connectivity index (χ2n) is 4.19. The molecule has 0 atom stereocenters. The second kappa shape index (κ2) is 8.20. The molecule has 16 heavy (non-hydrogen) atoms. The average molecular weight is 218 g/mol. The van der Waals surface area contributed by atoms with Gasteiger partial charge in [-0.2, -0.15) is 0 Å². The third-order valence-electron chi connectivity index (χ3n) is 2.65. The summed E-state index contributed by atoms with van der Waals surface area (Å²) in [5, 5.41) is 0. The van der Waals surface area contributed by atoms with Crippen molar-refractivity contribution in [1.29, 1.82) is 0 Å². The number of rotatable bonds is 8. The van der Waals surface area contributed by atoms with Gasteiger partial charge in [0.15, 0.2) is 0 Å². The van der Waals surface area contributed by atoms with Gasteiger partial charge in [-0.3, -0.25) is 0 Å². The molecule has 0 saturated heterocycles. The molecule has 1 rings (SSSR count). The molecule has 0 aliphatic carbocycles. The summed E-state index contributed by atoms with van der Waals surface area (Å²) in [5.74, 6) is 0.919. The summed E-state index contributed by atoms with van der Waals surface area (Å²) < 4.78 is 5.61. The van der Waals surface area contributed by atoms with E-state index < -0.39 is 0 Å². The molecule has 0 unspecified atom stereocenters. The van der Waals surface area contributed by atoms with Crippen LogP contribution in [0.3, 0.4) is 0 Å². The third-order valence-corrected chi connectivity index (χ3v) is 2.65. The molecule has 0 aliphatic heterocycles. The fourth-order valence-corrected chi connectivity index (χ4v) is 1.64. The Morgan fingerprint density at radius 1 is 0.938 bits per heavy atom. The van der Waals surface area contributed by atoms with E-state index in [9.17, 15) is 0 Å². The van der Waals surface area contributed by atoms with Gasteiger partial charge >= 0.3 is 0 Å². The van der Waals surface area contributed by atoms with Crippen molar-refractivity contribution in [3.8, 4) is 5.75 Å². The molecule has 0 aliphatic rings. The zero-order valence-corrected chi connectivity index (χ0v) is 10.2. The molecule has 0 spiro atoms. The van der Waals surface area contributed by atoms with E-state index in [1.807, 2.05) is 24.3 Å². The maximum absolute atomic E-state index is 5.61. The Labute approximate surface area is 99.8 Å². The molecule has 0 heterocycles. The van der Waals surface area contributed by atoms with Crippen molar-refractivity contribution in [1.82, 2.24) is 0 Å². The maximum Gasteiger partial charge on any atom is 0.119 e. The van der Waals surface area contributed by atoms with Crippen molar-refractivity contribution in [3.05, 3.63) is 36.8 Å². The van der Waals surface area contributed by atoms with E-state index in [0.717, 1.165) is 24.3 Å². The van der Waals surface area contributed by atoms with Crippen molar-refractivity contribution < 1.29 is 4.74 Å². The van der Waals surface area contributed by atoms with Crippen molar-refractivity contribution in [2.75, 3.05) is 6.61 Å². The molecular weight excluding hydrogens is 196 g/mol. The van der Waals surface area contributed by atoms with Crippen molar-refractivity contribution in [2.45, 2.75) is 45.4 Å². The van der Waals surface area contributed by atoms with E-state index in [0.29, 0.717) is 0 Å². The normalized spacial score (nSPS) is 10.4. The van der Waals surface area contributed by atoms with Gasteiger partial charge < -0.3 is 4.74 Å². The molecule has 1 aromatic carbocycles. The van der Waals surface area contributed by atoms with Crippen LogP contribution in [0.4, 0.5) is 0 Å². The summed E-state index contributed by atoms with van der Waals surface area (Å²) in [6.07, 6.45) is 7.78. The molecule has 88 valence electrons. The molecule has 1 nitrogen and oxygen atoms in total. The second-order valence-corrected chi connectivity index (χ2v) is 4.19. The van der Waals surface area contributed by atoms with E-state index in [2.05, 4.69) is 6.92 Å². The smallest absolute Gasteiger partial charge is 0.119 e. The van der Waals surface area contributed by atoms with Gasteiger partial charge in [0, 0.05) is 0 Å². The number of unbranched alkanes of at least 4 members (excludes halogenated alkanes) is 5. The van der Waals surface area contributed by atoms with Crippen LogP contribution in [-0.2, 0) is 0 Å². The number of benzene rings is 1. The largest absolute Gasteiger partial charge is 0.494 e. The van der Waals surface area contributed by atoms with Crippen LogP contribution in [0.2, 0.25) is 0 Å². The predicted molar refractivity (Wildman–Crippen MR) is 68.7 cm³/mol. The van der Waals surface area contributed by atoms with Crippen LogP contribution in [0.15, 0.2) is 24.3 Å². The van der Waals surface area contributed by atoms with Gasteiger partial charge in [0.1, 0.15) is 5.75 Å². The van der Waals surface area contributed by atoms with Gasteiger partial charge in [0.25, 0.3) is 0 Å². The number of hydrogen-bond acceptors (Lipinski definition) is 1. The van der Waals surface area contributed by atoms with Crippen LogP contribution in [0.25, 0.3) is 0 Å². The van der Waals surface area contributed by atoms with E-state index in [4.69, 9.17) is 11.7 Å². The summed E-state index contributed by atoms with van der Waals surface area (Å²) in [6, 6.07) is 7.59. The van der Waals surface area contributed by atoms with Crippen LogP contribution in [0.5, 0.6) is 5.75 Å². The predicted octanol–water partition coefficient (Wildman–Crippen LogP) is 4.49. The van der Waals surface area contributed by atoms with E-state index in [1.54, 1.807) is 0 Å². The summed E-state index contributed by atoms with van der Waals surface area (Å²) in [6.45, 7) is 8.65. The molecule has 1 aromatic rings. The molecule has 0 saturated carbocycles. The Kier molecular flexibility index (Phi) is 6.71. The fourth-order valence-electron chi connectivity index (χ4n) is 1.64. The standard InChI is InChI=1S/C15H22O/c1-3-4-5-6-7-8-13-16-15-11-9-14(2)10-12-15/h2,9-12H,3-8,13H2,1H3. The summed E-state index contributed by atoms with van der Waals surface area (Å²) >= 11 is 0. The molecule has 0 aromatic heterocycles. The number of ether oxygens (including phenoxy) is 1. The monoisotopic (exact) mass is 218 g/mol. The average Bonchev–Trinajstić information content (AvgIpc) is 2.30. The summed E-state index contributed by atoms with van der Waals surface area (Å²) in [5.41, 5.74) is 0.784. The molecule has 0 amide bonds. The lowest BCUT2D eigenvalue weighted by molar-refractivity contribution is 0.304. The highest BCUT2D eigenvalue weighted by Gasteiger charge is 1.93. The van der Waals surface area contributed by atoms with Gasteiger partial charge in [0.2, 0.25) is 0 Å². The minimum Gasteiger partial charge on any atom is -0.494 e. The van der Waals surface area contributed by atoms with E-state index in [-0.39, 0.29) is 0 Å². The Balaban J connectivity index is 2.01. The van der Waals surface area contributed by atoms with E-state index in [1.165, 1.54) is 32.1 Å². The van der Waals surface area contributed by atoms with Crippen LogP contribution in [0, 0.1) is 6.92 Å².